The molecule has 0 bridgehead atoms. The summed E-state index contributed by atoms with van der Waals surface area (Å²) in [5.74, 6) is -1.64. The Hall–Kier alpha value is -3.78. The average molecular weight is 489 g/mol. The number of nitrogens with two attached hydrogens (primary N) is 3. The van der Waals surface area contributed by atoms with Crippen molar-refractivity contribution in [2.45, 2.75) is 9.79 Å². The summed E-state index contributed by atoms with van der Waals surface area (Å²) in [4.78, 5) is 24.8. The summed E-state index contributed by atoms with van der Waals surface area (Å²) < 4.78 is 67.9. The summed E-state index contributed by atoms with van der Waals surface area (Å²) >= 11 is 0. The van der Waals surface area contributed by atoms with Crippen LogP contribution in [-0.2, 0) is 20.2 Å². The van der Waals surface area contributed by atoms with Crippen LogP contribution in [-0.4, -0.2) is 37.5 Å². The van der Waals surface area contributed by atoms with Gasteiger partial charge < -0.3 is 17.2 Å². The first-order chi connectivity index (χ1) is 15.2. The Kier molecular flexibility index (Phi) is 4.83. The van der Waals surface area contributed by atoms with E-state index in [1.54, 1.807) is 0 Å². The maximum absolute atomic E-state index is 13.4. The van der Waals surface area contributed by atoms with Gasteiger partial charge in [0.1, 0.15) is 9.79 Å². The Bertz CT molecular complexity index is 1630. The zero-order valence-electron chi connectivity index (χ0n) is 16.4. The van der Waals surface area contributed by atoms with E-state index in [1.807, 2.05) is 0 Å². The molecular formula is C20H15N3O8S2. The molecule has 4 rings (SSSR count). The number of anilines is 3. The van der Waals surface area contributed by atoms with Crippen LogP contribution < -0.4 is 17.2 Å². The molecule has 33 heavy (non-hydrogen) atoms. The van der Waals surface area contributed by atoms with Crippen LogP contribution in [0, 0.1) is 0 Å². The summed E-state index contributed by atoms with van der Waals surface area (Å²) in [7, 11) is -10.1. The summed E-state index contributed by atoms with van der Waals surface area (Å²) in [5.41, 5.74) is 13.8. The molecule has 8 N–H and O–H groups in total. The number of carbonyl (C=O) groups excluding carboxylic acids is 2. The van der Waals surface area contributed by atoms with Gasteiger partial charge in [-0.25, -0.2) is 0 Å². The minimum Gasteiger partial charge on any atom is -0.399 e. The van der Waals surface area contributed by atoms with Crippen LogP contribution in [0.3, 0.4) is 0 Å². The standard InChI is InChI=1S/C20H15N3O8S2/c21-8-5-6-11(12(7-8)32(26,27)28)13-14-15(17(23)20(16(13)22)33(29,30)31)19(25)10-4-2-1-3-9(10)18(14)24/h1-7H,21-23H2,(H,26,27,28)(H,29,30,31). The van der Waals surface area contributed by atoms with Gasteiger partial charge in [-0.1, -0.05) is 30.3 Å². The van der Waals surface area contributed by atoms with Crippen LogP contribution >= 0.6 is 0 Å². The highest BCUT2D eigenvalue weighted by atomic mass is 32.2. The van der Waals surface area contributed by atoms with Gasteiger partial charge in [-0.2, -0.15) is 16.8 Å². The molecule has 0 amide bonds. The number of fused-ring (bicyclic) bond motifs is 2. The molecule has 13 heteroatoms. The quantitative estimate of drug-likeness (QED) is 0.204. The van der Waals surface area contributed by atoms with E-state index in [4.69, 9.17) is 17.2 Å². The van der Waals surface area contributed by atoms with Crippen molar-refractivity contribution in [3.05, 3.63) is 64.7 Å². The van der Waals surface area contributed by atoms with Crippen LogP contribution in [0.15, 0.2) is 52.3 Å². The van der Waals surface area contributed by atoms with Crippen LogP contribution in [0.5, 0.6) is 0 Å². The summed E-state index contributed by atoms with van der Waals surface area (Å²) in [5, 5.41) is 0. The topological polar surface area (TPSA) is 221 Å². The second kappa shape index (κ2) is 7.11. The molecule has 3 aromatic rings. The SMILES string of the molecule is Nc1ccc(-c2c(N)c(S(=O)(=O)O)c(N)c3c2C(=O)c2ccccc2C3=O)c(S(=O)(=O)O)c1. The lowest BCUT2D eigenvalue weighted by molar-refractivity contribution is 0.0980. The van der Waals surface area contributed by atoms with Gasteiger partial charge in [0.15, 0.2) is 11.6 Å². The lowest BCUT2D eigenvalue weighted by Crippen LogP contribution is -2.26. The molecule has 170 valence electrons. The van der Waals surface area contributed by atoms with Gasteiger partial charge in [-0.15, -0.1) is 0 Å². The second-order valence-corrected chi connectivity index (χ2v) is 9.94. The van der Waals surface area contributed by atoms with Crippen molar-refractivity contribution in [3.63, 3.8) is 0 Å². The zero-order valence-corrected chi connectivity index (χ0v) is 18.1. The van der Waals surface area contributed by atoms with E-state index in [0.717, 1.165) is 12.1 Å². The fourth-order valence-corrected chi connectivity index (χ4v) is 5.39. The van der Waals surface area contributed by atoms with Gasteiger partial charge in [0.05, 0.1) is 16.9 Å². The maximum Gasteiger partial charge on any atom is 0.298 e. The Morgan fingerprint density at radius 3 is 1.67 bits per heavy atom. The first-order valence-electron chi connectivity index (χ1n) is 9.03. The largest absolute Gasteiger partial charge is 0.399 e. The Labute approximate surface area is 187 Å². The first-order valence-corrected chi connectivity index (χ1v) is 11.9. The van der Waals surface area contributed by atoms with Crippen LogP contribution in [0.4, 0.5) is 17.1 Å². The summed E-state index contributed by atoms with van der Waals surface area (Å²) in [6.07, 6.45) is 0. The molecule has 0 aromatic heterocycles. The molecule has 0 atom stereocenters. The molecule has 0 aliphatic heterocycles. The number of hydrogen-bond donors (Lipinski definition) is 5. The van der Waals surface area contributed by atoms with E-state index >= 15 is 0 Å². The molecule has 0 fully saturated rings. The van der Waals surface area contributed by atoms with Crippen molar-refractivity contribution in [2.24, 2.45) is 0 Å². The van der Waals surface area contributed by atoms with Crippen molar-refractivity contribution in [2.75, 3.05) is 17.2 Å². The van der Waals surface area contributed by atoms with Crippen LogP contribution in [0.25, 0.3) is 11.1 Å². The van der Waals surface area contributed by atoms with Crippen LogP contribution in [0.1, 0.15) is 31.8 Å². The molecule has 1 aliphatic carbocycles. The molecule has 3 aromatic carbocycles. The highest BCUT2D eigenvalue weighted by molar-refractivity contribution is 7.86. The Balaban J connectivity index is 2.29. The molecule has 11 nitrogen and oxygen atoms in total. The molecule has 0 saturated carbocycles. The summed E-state index contributed by atoms with van der Waals surface area (Å²) in [6, 6.07) is 8.79. The number of carbonyl (C=O) groups is 2. The molecule has 0 saturated heterocycles. The van der Waals surface area contributed by atoms with Crippen molar-refractivity contribution in [3.8, 4) is 11.1 Å². The smallest absolute Gasteiger partial charge is 0.298 e. The van der Waals surface area contributed by atoms with Gasteiger partial charge >= 0.3 is 0 Å². The molecule has 0 spiro atoms. The molecule has 1 aliphatic rings. The third kappa shape index (κ3) is 3.34. The van der Waals surface area contributed by atoms with Gasteiger partial charge in [0.2, 0.25) is 0 Å². The van der Waals surface area contributed by atoms with Crippen molar-refractivity contribution >= 4 is 48.9 Å². The third-order valence-corrected chi connectivity index (χ3v) is 7.06. The van der Waals surface area contributed by atoms with Crippen molar-refractivity contribution in [1.82, 2.24) is 0 Å². The highest BCUT2D eigenvalue weighted by Gasteiger charge is 2.39. The van der Waals surface area contributed by atoms with E-state index in [1.165, 1.54) is 30.3 Å². The monoisotopic (exact) mass is 489 g/mol. The molecule has 0 radical (unpaired) electrons. The van der Waals surface area contributed by atoms with E-state index in [9.17, 15) is 35.5 Å². The van der Waals surface area contributed by atoms with E-state index in [2.05, 4.69) is 0 Å². The van der Waals surface area contributed by atoms with Gasteiger partial charge in [0.25, 0.3) is 20.2 Å². The molecule has 0 unspecified atom stereocenters. The predicted molar refractivity (Wildman–Crippen MR) is 118 cm³/mol. The van der Waals surface area contributed by atoms with Crippen molar-refractivity contribution < 1.29 is 35.5 Å². The molecule has 0 heterocycles. The Morgan fingerprint density at radius 1 is 0.636 bits per heavy atom. The normalized spacial score (nSPS) is 13.5. The number of ketones is 2. The van der Waals surface area contributed by atoms with Gasteiger partial charge in [0, 0.05) is 33.5 Å². The fourth-order valence-electron chi connectivity index (χ4n) is 3.89. The number of rotatable bonds is 3. The van der Waals surface area contributed by atoms with Gasteiger partial charge in [-0.05, 0) is 12.1 Å². The summed E-state index contributed by atoms with van der Waals surface area (Å²) in [6.45, 7) is 0. The Morgan fingerprint density at radius 2 is 1.15 bits per heavy atom. The first kappa shape index (κ1) is 22.4. The molecular weight excluding hydrogens is 474 g/mol. The average Bonchev–Trinajstić information content (AvgIpc) is 2.70. The van der Waals surface area contributed by atoms with E-state index in [0.29, 0.717) is 0 Å². The van der Waals surface area contributed by atoms with Gasteiger partial charge in [-0.3, -0.25) is 18.7 Å². The van der Waals surface area contributed by atoms with Crippen LogP contribution in [0.2, 0.25) is 0 Å². The second-order valence-electron chi connectivity index (χ2n) is 7.19. The minimum atomic E-state index is -5.15. The maximum atomic E-state index is 13.4. The lowest BCUT2D eigenvalue weighted by atomic mass is 9.79. The highest BCUT2D eigenvalue weighted by Crippen LogP contribution is 2.46. The van der Waals surface area contributed by atoms with Crippen molar-refractivity contribution in [1.29, 1.82) is 0 Å². The zero-order chi connectivity index (χ0) is 24.5. The number of hydrogen-bond acceptors (Lipinski definition) is 9. The third-order valence-electron chi connectivity index (χ3n) is 5.21. The van der Waals surface area contributed by atoms with E-state index in [-0.39, 0.29) is 16.8 Å². The minimum absolute atomic E-state index is 0.0569. The fraction of sp³-hybridized carbons (Fsp3) is 0. The number of nitrogen functional groups attached to an aromatic ring is 3. The number of benzene rings is 3. The predicted octanol–water partition coefficient (Wildman–Crippen LogP) is 1.37. The lowest BCUT2D eigenvalue weighted by Gasteiger charge is -2.25. The van der Waals surface area contributed by atoms with E-state index < -0.39 is 75.2 Å².